The van der Waals surface area contributed by atoms with Gasteiger partial charge in [0.2, 0.25) is 17.7 Å². The van der Waals surface area contributed by atoms with Gasteiger partial charge in [-0.3, -0.25) is 9.59 Å². The molecule has 2 aromatic carbocycles. The molecule has 0 saturated carbocycles. The molecule has 32 heavy (non-hydrogen) atoms. The number of hydrogen-bond donors (Lipinski definition) is 0. The van der Waals surface area contributed by atoms with Crippen molar-refractivity contribution in [3.05, 3.63) is 71.4 Å². The lowest BCUT2D eigenvalue weighted by atomic mass is 10.1. The van der Waals surface area contributed by atoms with Gasteiger partial charge in [-0.25, -0.2) is 4.39 Å². The molecule has 1 saturated heterocycles. The molecule has 1 aliphatic heterocycles. The minimum Gasteiger partial charge on any atom is -0.421 e. The van der Waals surface area contributed by atoms with E-state index in [1.165, 1.54) is 12.1 Å². The molecule has 0 radical (unpaired) electrons. The van der Waals surface area contributed by atoms with Gasteiger partial charge >= 0.3 is 0 Å². The average Bonchev–Trinajstić information content (AvgIpc) is 3.13. The van der Waals surface area contributed by atoms with Crippen molar-refractivity contribution in [3.63, 3.8) is 0 Å². The van der Waals surface area contributed by atoms with Crippen molar-refractivity contribution in [2.75, 3.05) is 26.2 Å². The smallest absolute Gasteiger partial charge is 0.256 e. The Morgan fingerprint density at radius 3 is 2.47 bits per heavy atom. The molecule has 0 aliphatic carbocycles. The first kappa shape index (κ1) is 21.7. The second-order valence-electron chi connectivity index (χ2n) is 7.87. The molecule has 8 heteroatoms. The largest absolute Gasteiger partial charge is 0.421 e. The third-order valence-corrected chi connectivity index (χ3v) is 5.56. The normalized spacial score (nSPS) is 14.3. The number of amides is 2. The minimum atomic E-state index is -0.528. The minimum absolute atomic E-state index is 0.0275. The van der Waals surface area contributed by atoms with Crippen molar-refractivity contribution in [1.29, 1.82) is 0 Å². The zero-order valence-corrected chi connectivity index (χ0v) is 18.0. The number of aryl methyl sites for hydroxylation is 2. The van der Waals surface area contributed by atoms with Gasteiger partial charge < -0.3 is 14.2 Å². The van der Waals surface area contributed by atoms with Crippen LogP contribution in [-0.2, 0) is 11.2 Å². The maximum absolute atomic E-state index is 14.0. The molecule has 2 amide bonds. The van der Waals surface area contributed by atoms with Crippen LogP contribution in [0.3, 0.4) is 0 Å². The van der Waals surface area contributed by atoms with Crippen LogP contribution in [0, 0.1) is 12.7 Å². The van der Waals surface area contributed by atoms with Crippen molar-refractivity contribution in [2.24, 2.45) is 0 Å². The van der Waals surface area contributed by atoms with Crippen molar-refractivity contribution >= 4 is 11.8 Å². The summed E-state index contributed by atoms with van der Waals surface area (Å²) in [5.41, 5.74) is 2.05. The highest BCUT2D eigenvalue weighted by atomic mass is 19.1. The molecule has 7 nitrogen and oxygen atoms in total. The fraction of sp³-hybridized carbons (Fsp3) is 0.333. The molecule has 4 rings (SSSR count). The highest BCUT2D eigenvalue weighted by Crippen LogP contribution is 2.19. The molecule has 0 N–H and O–H groups in total. The first-order valence-electron chi connectivity index (χ1n) is 10.7. The van der Waals surface area contributed by atoms with E-state index in [1.807, 2.05) is 31.2 Å². The van der Waals surface area contributed by atoms with Crippen molar-refractivity contribution in [3.8, 4) is 11.5 Å². The summed E-state index contributed by atoms with van der Waals surface area (Å²) < 4.78 is 19.7. The summed E-state index contributed by atoms with van der Waals surface area (Å²) in [6, 6.07) is 13.8. The summed E-state index contributed by atoms with van der Waals surface area (Å²) in [5, 5.41) is 8.12. The summed E-state index contributed by atoms with van der Waals surface area (Å²) in [6.45, 7) is 3.83. The maximum atomic E-state index is 14.0. The van der Waals surface area contributed by atoms with Gasteiger partial charge in [0.15, 0.2) is 0 Å². The van der Waals surface area contributed by atoms with E-state index < -0.39 is 5.82 Å². The first-order valence-corrected chi connectivity index (χ1v) is 10.7. The van der Waals surface area contributed by atoms with E-state index in [2.05, 4.69) is 10.2 Å². The van der Waals surface area contributed by atoms with Gasteiger partial charge in [0, 0.05) is 44.6 Å². The fourth-order valence-electron chi connectivity index (χ4n) is 3.71. The van der Waals surface area contributed by atoms with Crippen molar-refractivity contribution in [2.45, 2.75) is 26.2 Å². The number of hydrogen-bond acceptors (Lipinski definition) is 5. The van der Waals surface area contributed by atoms with Crippen LogP contribution >= 0.6 is 0 Å². The first-order chi connectivity index (χ1) is 15.5. The van der Waals surface area contributed by atoms with Crippen LogP contribution in [-0.4, -0.2) is 58.0 Å². The summed E-state index contributed by atoms with van der Waals surface area (Å²) >= 11 is 0. The number of aromatic nitrogens is 2. The Morgan fingerprint density at radius 1 is 0.969 bits per heavy atom. The fourth-order valence-corrected chi connectivity index (χ4v) is 3.71. The van der Waals surface area contributed by atoms with Crippen molar-refractivity contribution in [1.82, 2.24) is 20.0 Å². The van der Waals surface area contributed by atoms with Crippen molar-refractivity contribution < 1.29 is 18.4 Å². The molecule has 2 heterocycles. The van der Waals surface area contributed by atoms with Gasteiger partial charge in [-0.15, -0.1) is 10.2 Å². The number of nitrogens with zero attached hydrogens (tertiary/aromatic N) is 4. The number of rotatable bonds is 5. The molecule has 1 fully saturated rings. The second kappa shape index (κ2) is 9.72. The van der Waals surface area contributed by atoms with E-state index in [0.29, 0.717) is 50.8 Å². The lowest BCUT2D eigenvalue weighted by molar-refractivity contribution is -0.131. The molecule has 1 aromatic heterocycles. The Labute approximate surface area is 185 Å². The van der Waals surface area contributed by atoms with Gasteiger partial charge in [-0.05, 0) is 37.6 Å². The van der Waals surface area contributed by atoms with Crippen LogP contribution in [0.4, 0.5) is 4.39 Å². The Bertz CT molecular complexity index is 1100. The third kappa shape index (κ3) is 5.01. The van der Waals surface area contributed by atoms with E-state index in [9.17, 15) is 14.0 Å². The number of carbonyl (C=O) groups excluding carboxylic acids is 2. The van der Waals surface area contributed by atoms with E-state index >= 15 is 0 Å². The van der Waals surface area contributed by atoms with Gasteiger partial charge in [-0.1, -0.05) is 29.8 Å². The lowest BCUT2D eigenvalue weighted by Crippen LogP contribution is -2.37. The summed E-state index contributed by atoms with van der Waals surface area (Å²) in [6.07, 6.45) is 1.24. The Balaban J connectivity index is 1.30. The van der Waals surface area contributed by atoms with E-state index in [0.717, 1.165) is 11.1 Å². The van der Waals surface area contributed by atoms with Crippen LogP contribution in [0.25, 0.3) is 11.5 Å². The van der Waals surface area contributed by atoms with E-state index in [-0.39, 0.29) is 23.8 Å². The van der Waals surface area contributed by atoms with E-state index in [1.54, 1.807) is 21.9 Å². The summed E-state index contributed by atoms with van der Waals surface area (Å²) in [4.78, 5) is 28.7. The van der Waals surface area contributed by atoms with Crippen LogP contribution in [0.1, 0.15) is 34.7 Å². The van der Waals surface area contributed by atoms with Gasteiger partial charge in [0.25, 0.3) is 5.91 Å². The molecular formula is C24H25FN4O3. The molecule has 0 bridgehead atoms. The molecule has 0 atom stereocenters. The maximum Gasteiger partial charge on any atom is 0.256 e. The molecule has 0 spiro atoms. The van der Waals surface area contributed by atoms with Gasteiger partial charge in [0.05, 0.1) is 5.56 Å². The van der Waals surface area contributed by atoms with Gasteiger partial charge in [-0.2, -0.15) is 0 Å². The molecule has 166 valence electrons. The molecule has 1 aliphatic rings. The SMILES string of the molecule is Cc1ccc(-c2nnc(CCC(=O)N3CCCN(C(=O)c4ccccc4F)CC3)o2)cc1. The number of carbonyl (C=O) groups is 2. The molecule has 0 unspecified atom stereocenters. The number of halogens is 1. The van der Waals surface area contributed by atoms with E-state index in [4.69, 9.17) is 4.42 Å². The highest BCUT2D eigenvalue weighted by Gasteiger charge is 2.24. The lowest BCUT2D eigenvalue weighted by Gasteiger charge is -2.22. The Kier molecular flexibility index (Phi) is 6.58. The molecule has 3 aromatic rings. The monoisotopic (exact) mass is 436 g/mol. The zero-order chi connectivity index (χ0) is 22.5. The predicted octanol–water partition coefficient (Wildman–Crippen LogP) is 3.49. The quantitative estimate of drug-likeness (QED) is 0.612. The van der Waals surface area contributed by atoms with Gasteiger partial charge in [0.1, 0.15) is 5.82 Å². The Hall–Kier alpha value is -3.55. The number of benzene rings is 2. The Morgan fingerprint density at radius 2 is 1.69 bits per heavy atom. The van der Waals surface area contributed by atoms with Crippen LogP contribution < -0.4 is 0 Å². The second-order valence-corrected chi connectivity index (χ2v) is 7.87. The average molecular weight is 436 g/mol. The summed E-state index contributed by atoms with van der Waals surface area (Å²) in [7, 11) is 0. The standard InChI is InChI=1S/C24H25FN4O3/c1-17-7-9-18(10-8-17)23-27-26-21(32-23)11-12-22(30)28-13-4-14-29(16-15-28)24(31)19-5-2-3-6-20(19)25/h2-3,5-10H,4,11-16H2,1H3. The van der Waals surface area contributed by atoms with Crippen LogP contribution in [0.15, 0.2) is 52.9 Å². The third-order valence-electron chi connectivity index (χ3n) is 5.56. The summed E-state index contributed by atoms with van der Waals surface area (Å²) in [5.74, 6) is -0.0453. The predicted molar refractivity (Wildman–Crippen MR) is 116 cm³/mol. The van der Waals surface area contributed by atoms with Crippen LogP contribution in [0.2, 0.25) is 0 Å². The highest BCUT2D eigenvalue weighted by molar-refractivity contribution is 5.94. The topological polar surface area (TPSA) is 79.5 Å². The molecular weight excluding hydrogens is 411 g/mol. The zero-order valence-electron chi connectivity index (χ0n) is 18.0. The van der Waals surface area contributed by atoms with Crippen LogP contribution in [0.5, 0.6) is 0 Å².